The van der Waals surface area contributed by atoms with Gasteiger partial charge >= 0.3 is 0 Å². The molecule has 0 amide bonds. The van der Waals surface area contributed by atoms with Crippen LogP contribution in [0.4, 0.5) is 10.1 Å². The van der Waals surface area contributed by atoms with E-state index in [1.54, 1.807) is 23.9 Å². The average molecular weight is 363 g/mol. The Morgan fingerprint density at radius 1 is 1.32 bits per heavy atom. The number of aliphatic hydroxyl groups excluding tert-OH is 1. The van der Waals surface area contributed by atoms with Crippen LogP contribution in [-0.2, 0) is 4.74 Å². The van der Waals surface area contributed by atoms with E-state index >= 15 is 0 Å². The van der Waals surface area contributed by atoms with E-state index in [-0.39, 0.29) is 18.5 Å². The minimum absolute atomic E-state index is 0.152. The lowest BCUT2D eigenvalue weighted by atomic mass is 10.1. The number of ether oxygens (including phenoxy) is 1. The lowest BCUT2D eigenvalue weighted by Gasteiger charge is -2.24. The van der Waals surface area contributed by atoms with Crippen LogP contribution in [0.1, 0.15) is 25.0 Å². The van der Waals surface area contributed by atoms with Crippen molar-refractivity contribution in [1.29, 1.82) is 0 Å². The third-order valence-corrected chi connectivity index (χ3v) is 5.83. The van der Waals surface area contributed by atoms with Crippen LogP contribution in [-0.4, -0.2) is 52.8 Å². The smallest absolute Gasteiger partial charge is 0.126 e. The zero-order valence-corrected chi connectivity index (χ0v) is 14.7. The summed E-state index contributed by atoms with van der Waals surface area (Å²) in [6, 6.07) is 5.53. The van der Waals surface area contributed by atoms with E-state index in [1.807, 2.05) is 6.07 Å². The number of nitrogens with one attached hydrogen (secondary N) is 2. The molecule has 25 heavy (non-hydrogen) atoms. The predicted octanol–water partition coefficient (Wildman–Crippen LogP) is 3.14. The quantitative estimate of drug-likeness (QED) is 0.763. The number of aromatic nitrogens is 1. The zero-order chi connectivity index (χ0) is 17.2. The van der Waals surface area contributed by atoms with Gasteiger partial charge < -0.3 is 20.1 Å². The standard InChI is InChI=1S/C18H22FN3O2S/c19-12-7-11-8-16(18-21-14(1-4-23)10-25-18)22-17(11)15(9-12)20-13-2-5-24-6-3-13/h7-9,13-14,20,22-23H,1-6,10H2/t14-/m1/s1. The Balaban J connectivity index is 1.63. The average Bonchev–Trinajstić information content (AvgIpc) is 3.23. The number of anilines is 1. The zero-order valence-electron chi connectivity index (χ0n) is 13.9. The molecular formula is C18H22FN3O2S. The van der Waals surface area contributed by atoms with Crippen LogP contribution >= 0.6 is 11.8 Å². The first kappa shape index (κ1) is 16.9. The molecule has 0 radical (unpaired) electrons. The fourth-order valence-corrected chi connectivity index (χ4v) is 4.44. The molecule has 134 valence electrons. The molecule has 4 rings (SSSR count). The number of hydrogen-bond donors (Lipinski definition) is 3. The summed E-state index contributed by atoms with van der Waals surface area (Å²) in [5, 5.41) is 14.3. The molecule has 1 aromatic heterocycles. The molecule has 0 bridgehead atoms. The van der Waals surface area contributed by atoms with Gasteiger partial charge in [0.2, 0.25) is 0 Å². The van der Waals surface area contributed by atoms with Crippen LogP contribution in [0.15, 0.2) is 23.2 Å². The number of aromatic amines is 1. The van der Waals surface area contributed by atoms with Gasteiger partial charge in [0.15, 0.2) is 0 Å². The number of aliphatic imine (C=N–C) groups is 1. The van der Waals surface area contributed by atoms with Crippen LogP contribution in [0.5, 0.6) is 0 Å². The summed E-state index contributed by atoms with van der Waals surface area (Å²) in [7, 11) is 0. The van der Waals surface area contributed by atoms with Crippen LogP contribution in [0, 0.1) is 5.82 Å². The lowest BCUT2D eigenvalue weighted by Crippen LogP contribution is -2.27. The summed E-state index contributed by atoms with van der Waals surface area (Å²) in [5.74, 6) is 0.638. The van der Waals surface area contributed by atoms with Crippen molar-refractivity contribution in [2.45, 2.75) is 31.3 Å². The maximum absolute atomic E-state index is 14.1. The van der Waals surface area contributed by atoms with Crippen LogP contribution < -0.4 is 5.32 Å². The van der Waals surface area contributed by atoms with E-state index in [0.717, 1.165) is 59.1 Å². The van der Waals surface area contributed by atoms with Gasteiger partial charge in [0.25, 0.3) is 0 Å². The monoisotopic (exact) mass is 363 g/mol. The van der Waals surface area contributed by atoms with Crippen LogP contribution in [0.3, 0.4) is 0 Å². The molecule has 0 saturated carbocycles. The highest BCUT2D eigenvalue weighted by Gasteiger charge is 2.22. The van der Waals surface area contributed by atoms with Crippen molar-refractivity contribution in [3.8, 4) is 0 Å². The molecule has 5 nitrogen and oxygen atoms in total. The number of thioether (sulfide) groups is 1. The SMILES string of the molecule is OCC[C@@H]1CSC(c2cc3cc(F)cc(NC4CCOCC4)c3[nH]2)=N1. The second-order valence-corrected chi connectivity index (χ2v) is 7.55. The third kappa shape index (κ3) is 3.68. The van der Waals surface area contributed by atoms with Gasteiger partial charge in [-0.1, -0.05) is 0 Å². The number of aliphatic hydroxyl groups is 1. The fourth-order valence-electron chi connectivity index (χ4n) is 3.36. The summed E-state index contributed by atoms with van der Waals surface area (Å²) >= 11 is 1.68. The van der Waals surface area contributed by atoms with Gasteiger partial charge in [0, 0.05) is 37.0 Å². The van der Waals surface area contributed by atoms with Gasteiger partial charge in [-0.15, -0.1) is 11.8 Å². The Labute approximate surface area is 150 Å². The lowest BCUT2D eigenvalue weighted by molar-refractivity contribution is 0.0905. The highest BCUT2D eigenvalue weighted by atomic mass is 32.2. The number of rotatable bonds is 5. The summed E-state index contributed by atoms with van der Waals surface area (Å²) in [4.78, 5) is 8.08. The van der Waals surface area contributed by atoms with Gasteiger partial charge in [-0.05, 0) is 37.5 Å². The van der Waals surface area contributed by atoms with E-state index in [1.165, 1.54) is 0 Å². The number of benzene rings is 1. The van der Waals surface area contributed by atoms with Gasteiger partial charge in [-0.3, -0.25) is 4.99 Å². The first-order chi connectivity index (χ1) is 12.2. The molecule has 2 aliphatic heterocycles. The Kier molecular flexibility index (Phi) is 4.96. The first-order valence-electron chi connectivity index (χ1n) is 8.71. The van der Waals surface area contributed by atoms with Gasteiger partial charge in [-0.25, -0.2) is 4.39 Å². The van der Waals surface area contributed by atoms with Gasteiger partial charge in [0.1, 0.15) is 10.9 Å². The molecule has 3 heterocycles. The Bertz CT molecular complexity index is 786. The van der Waals surface area contributed by atoms with Crippen LogP contribution in [0.2, 0.25) is 0 Å². The third-order valence-electron chi connectivity index (χ3n) is 4.68. The van der Waals surface area contributed by atoms with E-state index in [2.05, 4.69) is 15.3 Å². The maximum atomic E-state index is 14.1. The van der Waals surface area contributed by atoms with Crippen molar-refractivity contribution in [3.05, 3.63) is 29.7 Å². The van der Waals surface area contributed by atoms with E-state index in [9.17, 15) is 4.39 Å². The van der Waals surface area contributed by atoms with Crippen molar-refractivity contribution in [1.82, 2.24) is 4.98 Å². The second-order valence-electron chi connectivity index (χ2n) is 6.54. The molecule has 7 heteroatoms. The molecule has 1 fully saturated rings. The number of halogens is 1. The molecular weight excluding hydrogens is 341 g/mol. The molecule has 1 atom stereocenters. The first-order valence-corrected chi connectivity index (χ1v) is 9.70. The van der Waals surface area contributed by atoms with E-state index < -0.39 is 0 Å². The van der Waals surface area contributed by atoms with Crippen molar-refractivity contribution < 1.29 is 14.2 Å². The normalized spacial score (nSPS) is 21.7. The molecule has 3 N–H and O–H groups in total. The molecule has 1 saturated heterocycles. The van der Waals surface area contributed by atoms with E-state index in [0.29, 0.717) is 12.5 Å². The summed E-state index contributed by atoms with van der Waals surface area (Å²) in [6.45, 7) is 1.64. The van der Waals surface area contributed by atoms with Crippen molar-refractivity contribution in [2.24, 2.45) is 4.99 Å². The largest absolute Gasteiger partial charge is 0.396 e. The Morgan fingerprint density at radius 3 is 2.96 bits per heavy atom. The minimum atomic E-state index is -0.244. The van der Waals surface area contributed by atoms with Crippen molar-refractivity contribution >= 4 is 33.4 Å². The predicted molar refractivity (Wildman–Crippen MR) is 100 cm³/mol. The highest BCUT2D eigenvalue weighted by Crippen LogP contribution is 2.31. The number of H-pyrrole nitrogens is 1. The maximum Gasteiger partial charge on any atom is 0.126 e. The molecule has 0 spiro atoms. The van der Waals surface area contributed by atoms with E-state index in [4.69, 9.17) is 9.84 Å². The number of nitrogens with zero attached hydrogens (tertiary/aromatic N) is 1. The van der Waals surface area contributed by atoms with Gasteiger partial charge in [-0.2, -0.15) is 0 Å². The minimum Gasteiger partial charge on any atom is -0.396 e. The molecule has 1 aromatic carbocycles. The highest BCUT2D eigenvalue weighted by molar-refractivity contribution is 8.14. The second kappa shape index (κ2) is 7.35. The molecule has 2 aromatic rings. The topological polar surface area (TPSA) is 69.6 Å². The number of hydrogen-bond acceptors (Lipinski definition) is 5. The summed E-state index contributed by atoms with van der Waals surface area (Å²) in [6.07, 6.45) is 2.54. The van der Waals surface area contributed by atoms with Gasteiger partial charge in [0.05, 0.1) is 22.9 Å². The summed E-state index contributed by atoms with van der Waals surface area (Å²) < 4.78 is 19.5. The van der Waals surface area contributed by atoms with Crippen LogP contribution in [0.25, 0.3) is 10.9 Å². The Morgan fingerprint density at radius 2 is 2.16 bits per heavy atom. The Hall–Kier alpha value is -1.57. The molecule has 2 aliphatic rings. The number of fused-ring (bicyclic) bond motifs is 1. The summed E-state index contributed by atoms with van der Waals surface area (Å²) in [5.41, 5.74) is 2.63. The molecule has 0 unspecified atom stereocenters. The van der Waals surface area contributed by atoms with Crippen molar-refractivity contribution in [3.63, 3.8) is 0 Å². The molecule has 0 aliphatic carbocycles. The fraction of sp³-hybridized carbons (Fsp3) is 0.500. The van der Waals surface area contributed by atoms with Crippen molar-refractivity contribution in [2.75, 3.05) is 30.9 Å².